The number of fused-ring (bicyclic) bond motifs is 9. The average Bonchev–Trinajstić information content (AvgIpc) is 1.45. The Labute approximate surface area is 787 Å². The highest BCUT2D eigenvalue weighted by atomic mass is 32.3. The van der Waals surface area contributed by atoms with E-state index in [4.69, 9.17) is 52.9 Å². The van der Waals surface area contributed by atoms with Crippen LogP contribution in [0.5, 0.6) is 0 Å². The molecule has 9 saturated heterocycles. The average molecular weight is 2090 g/mol. The first kappa shape index (κ1) is 100. The maximum Gasteiger partial charge on any atom is 0.410 e. The third kappa shape index (κ3) is 12.7. The van der Waals surface area contributed by atoms with Gasteiger partial charge >= 0.3 is 24.3 Å². The van der Waals surface area contributed by atoms with Crippen LogP contribution in [0.3, 0.4) is 0 Å². The van der Waals surface area contributed by atoms with Gasteiger partial charge in [0, 0.05) is 58.2 Å². The molecule has 48 heteroatoms. The molecule has 0 amide bonds. The van der Waals surface area contributed by atoms with Crippen molar-refractivity contribution in [3.8, 4) is 12.1 Å². The molecular formula is C87H122F6N2O31S9. The van der Waals surface area contributed by atoms with Crippen molar-refractivity contribution in [3.05, 3.63) is 0 Å². The van der Waals surface area contributed by atoms with Gasteiger partial charge in [0.25, 0.3) is 91.1 Å². The summed E-state index contributed by atoms with van der Waals surface area (Å²) in [5.41, 5.74) is -0.876. The minimum Gasteiger partial charge on any atom is -0.469 e. The van der Waals surface area contributed by atoms with E-state index in [1.165, 1.54) is 14.2 Å². The molecule has 27 aliphatic rings. The Kier molecular flexibility index (Phi) is 22.6. The maximum absolute atomic E-state index is 13.1. The molecule has 135 heavy (non-hydrogen) atoms. The van der Waals surface area contributed by atoms with E-state index in [-0.39, 0.29) is 159 Å². The molecule has 0 N–H and O–H groups in total. The summed E-state index contributed by atoms with van der Waals surface area (Å²) in [6, 6.07) is 4.15. The minimum atomic E-state index is -4.72. The third-order valence-electron chi connectivity index (χ3n) is 42.6. The van der Waals surface area contributed by atoms with Crippen LogP contribution >= 0.6 is 0 Å². The second kappa shape index (κ2) is 30.4. The van der Waals surface area contributed by atoms with Crippen LogP contribution in [0.4, 0.5) is 26.3 Å². The second-order valence-corrected chi connectivity index (χ2v) is 62.7. The van der Waals surface area contributed by atoms with Gasteiger partial charge in [0.15, 0.2) is 14.2 Å². The number of carbonyl (C=O) groups is 2. The summed E-state index contributed by atoms with van der Waals surface area (Å²) in [5, 5.41) is 15.0. The topological polar surface area (TPSA) is 491 Å². The lowest BCUT2D eigenvalue weighted by Crippen LogP contribution is -2.54. The Morgan fingerprint density at radius 1 is 0.385 bits per heavy atom. The molecule has 49 unspecified atom stereocenters. The van der Waals surface area contributed by atoms with Crippen molar-refractivity contribution >= 4 is 103 Å². The summed E-state index contributed by atoms with van der Waals surface area (Å²) in [5.74, 6) is -1.19. The molecule has 27 fully saturated rings. The number of halogens is 6. The number of ether oxygens (including phenoxy) is 2. The zero-order chi connectivity index (χ0) is 99.3. The van der Waals surface area contributed by atoms with Gasteiger partial charge in [-0.2, -0.15) is 113 Å². The molecule has 33 nitrogen and oxygen atoms in total. The Morgan fingerprint density at radius 2 is 0.800 bits per heavy atom. The number of nitriles is 2. The normalized spacial score (nSPS) is 56.6. The fourth-order valence-electron chi connectivity index (χ4n) is 34.8. The second-order valence-electron chi connectivity index (χ2n) is 46.5. The van der Waals surface area contributed by atoms with E-state index in [0.29, 0.717) is 78.9 Å². The van der Waals surface area contributed by atoms with Crippen molar-refractivity contribution in [3.63, 3.8) is 0 Å². The maximum atomic E-state index is 13.1. The lowest BCUT2D eigenvalue weighted by molar-refractivity contribution is -0.190. The molecule has 0 aromatic rings. The van der Waals surface area contributed by atoms with Crippen LogP contribution in [-0.4, -0.2) is 214 Å². The predicted molar refractivity (Wildman–Crippen MR) is 460 cm³/mol. The lowest BCUT2D eigenvalue weighted by atomic mass is 9.57. The lowest BCUT2D eigenvalue weighted by Gasteiger charge is -2.49. The number of rotatable bonds is 2. The molecule has 0 aromatic heterocycles. The highest BCUT2D eigenvalue weighted by molar-refractivity contribution is 7.90. The molecule has 18 saturated carbocycles. The fraction of sp³-hybridized carbons (Fsp3) is 0.954. The molecule has 9 aliphatic heterocycles. The zero-order valence-electron chi connectivity index (χ0n) is 77.9. The van der Waals surface area contributed by atoms with E-state index in [9.17, 15) is 112 Å². The number of alkyl halides is 6. The Hall–Kier alpha value is -3.31. The molecule has 27 rings (SSSR count). The SMILES string of the molecule is CC1C2(C)CC3C1(C)C(C)(OS3(=O)=O)C2(C)C.CC1C2CC3C1OS(=O)(=O)C3(C#N)C2.CC1C2CC3C1OS(=O)(=O)C3(C(F)(F)F)C2.CC1C2CC3C1OS(=O)(=O)C3(C)C2.CC1C2CC3C1OS(=O)(=O)C3C2C.CC1C2CC3C1OS(=O)(=O)C3C2C#N.CC1C2CC3C1OS(=O)(=O)C3C2C(F)(F)F.COC(=O)C12CC3CC1C(OS2(=O)=O)C3C.COC(=O)C1C2CC3C(OS(=O)(=O)C31)C2C. The van der Waals surface area contributed by atoms with Crippen LogP contribution in [0.2, 0.25) is 0 Å². The monoisotopic (exact) mass is 2090 g/mol. The van der Waals surface area contributed by atoms with Gasteiger partial charge in [-0.3, -0.25) is 47.2 Å². The van der Waals surface area contributed by atoms with E-state index in [1.54, 1.807) is 13.8 Å². The molecule has 18 aliphatic carbocycles. The van der Waals surface area contributed by atoms with Gasteiger partial charge < -0.3 is 9.47 Å². The van der Waals surface area contributed by atoms with Gasteiger partial charge in [0.2, 0.25) is 0 Å². The van der Waals surface area contributed by atoms with Crippen LogP contribution in [0, 0.1) is 211 Å². The number of methoxy groups -OCH3 is 2. The summed E-state index contributed by atoms with van der Waals surface area (Å²) >= 11 is 0. The van der Waals surface area contributed by atoms with Crippen LogP contribution < -0.4 is 0 Å². The highest BCUT2D eigenvalue weighted by Gasteiger charge is 2.88. The molecule has 0 aromatic carbocycles. The number of esters is 2. The zero-order valence-corrected chi connectivity index (χ0v) is 85.3. The summed E-state index contributed by atoms with van der Waals surface area (Å²) < 4.78 is 339. The van der Waals surface area contributed by atoms with Crippen molar-refractivity contribution < 1.29 is 159 Å². The van der Waals surface area contributed by atoms with E-state index in [0.717, 1.165) is 51.4 Å². The Bertz CT molecular complexity index is 6200. The molecule has 0 radical (unpaired) electrons. The number of carbonyl (C=O) groups excluding carboxylic acids is 2. The largest absolute Gasteiger partial charge is 0.469 e. The van der Waals surface area contributed by atoms with Crippen LogP contribution in [0.15, 0.2) is 0 Å². The van der Waals surface area contributed by atoms with Gasteiger partial charge in [0.05, 0.1) is 109 Å². The molecule has 49 atom stereocenters. The Balaban J connectivity index is 0.0000000976. The van der Waals surface area contributed by atoms with Gasteiger partial charge in [-0.25, -0.2) is 0 Å². The molecule has 0 spiro atoms. The minimum absolute atomic E-state index is 0.00546. The fourth-order valence-corrected chi connectivity index (χ4v) is 53.7. The van der Waals surface area contributed by atoms with Crippen molar-refractivity contribution in [2.24, 2.45) is 188 Å². The molecule has 762 valence electrons. The predicted octanol–water partition coefficient (Wildman–Crippen LogP) is 9.58. The molecular weight excluding hydrogens is 1970 g/mol. The first-order chi connectivity index (χ1) is 61.9. The van der Waals surface area contributed by atoms with Crippen molar-refractivity contribution in [1.82, 2.24) is 0 Å². The smallest absolute Gasteiger partial charge is 0.410 e. The van der Waals surface area contributed by atoms with E-state index >= 15 is 0 Å². The van der Waals surface area contributed by atoms with E-state index in [2.05, 4.69) is 66.2 Å². The molecule has 9 heterocycles. The summed E-state index contributed by atoms with van der Waals surface area (Å²) in [4.78, 5) is 23.5. The van der Waals surface area contributed by atoms with E-state index < -0.39 is 197 Å². The van der Waals surface area contributed by atoms with E-state index in [1.807, 2.05) is 47.6 Å². The van der Waals surface area contributed by atoms with Crippen molar-refractivity contribution in [1.29, 1.82) is 10.5 Å². The van der Waals surface area contributed by atoms with Gasteiger partial charge in [-0.15, -0.1) is 0 Å². The molecule has 18 bridgehead atoms. The van der Waals surface area contributed by atoms with Gasteiger partial charge in [-0.1, -0.05) is 96.9 Å². The van der Waals surface area contributed by atoms with Crippen LogP contribution in [0.1, 0.15) is 194 Å². The van der Waals surface area contributed by atoms with Gasteiger partial charge in [-0.05, 0) is 209 Å². The van der Waals surface area contributed by atoms with Gasteiger partial charge in [0.1, 0.15) is 20.5 Å². The number of hydrogen-bond donors (Lipinski definition) is 0. The van der Waals surface area contributed by atoms with Crippen molar-refractivity contribution in [2.75, 3.05) is 14.2 Å². The van der Waals surface area contributed by atoms with Crippen molar-refractivity contribution in [2.45, 2.75) is 306 Å². The quantitative estimate of drug-likeness (QED) is 0.141. The first-order valence-corrected chi connectivity index (χ1v) is 60.3. The van der Waals surface area contributed by atoms with Crippen LogP contribution in [0.25, 0.3) is 0 Å². The number of nitrogens with zero attached hydrogens (tertiary/aromatic N) is 2. The Morgan fingerprint density at radius 3 is 1.29 bits per heavy atom. The number of hydrogen-bond acceptors (Lipinski definition) is 33. The standard InChI is InChI=1S/C13H22O3S.2C10H14O5S.2C9H11F3O3S.2C9H11NO3S.2C9H14O3S/c1-8-11(4)7-9-12(8,5)13(6,10(11,2)3)16-17(9,14)15;1-5-6-3-7-8(5)15-16(12,13)10(7,4-6)9(11)14-2;1-4-5-3-6-8(4)15-16(12,13)9(6)7(5)10(11)14-2;1-4-5-2-6-7(4)15-16(13,14)8(6,3-5)9(10,11)12;1-3-4-2-5-7(3)15-16(13,14)8(5)6(4)9(10,11)12;1-5-6-2-7-8(5)13-14(11,12)9(7,3-6)4-10;1-4-5-2-6-8(4)13-14(11,12)9(6)7(5)3-10;1-5-6-3-7-8(5)12-13(10,11)9(7,2)4-6;1-4-6-3-7-8(4)12-13(10,11)9(7)5(6)2/h8-9H,7H2,1-6H3;5-8H,3-4H2,1-2H3;4-9H,3H2,1-2H3;4-7H,2-3H2,1H3;3-8H,2H2,1H3;5-8H,2-3H2,1H3;4-9H,2H2,1H3;5-8H,3-4H2,1-2H3;4-9H,3H2,1-2H3. The third-order valence-corrected chi connectivity index (χ3v) is 59.9. The van der Waals surface area contributed by atoms with Crippen LogP contribution in [-0.2, 0) is 148 Å². The first-order valence-electron chi connectivity index (χ1n) is 47.3. The summed E-state index contributed by atoms with van der Waals surface area (Å²) in [7, 11) is -30.3. The highest BCUT2D eigenvalue weighted by Crippen LogP contribution is 2.82. The summed E-state index contributed by atoms with van der Waals surface area (Å²) in [6.45, 7) is 32.5. The summed E-state index contributed by atoms with van der Waals surface area (Å²) in [6.07, 6.45) is -3.21.